The molecule has 0 atom stereocenters. The molecule has 1 amide bonds. The van der Waals surface area contributed by atoms with Crippen LogP contribution in [0.25, 0.3) is 10.9 Å². The molecule has 0 aliphatic rings. The predicted octanol–water partition coefficient (Wildman–Crippen LogP) is 3.14. The molecule has 0 radical (unpaired) electrons. The molecule has 5 heteroatoms. The first-order valence-corrected chi connectivity index (χ1v) is 5.49. The Balaban J connectivity index is 2.83. The van der Waals surface area contributed by atoms with Crippen LogP contribution in [0.4, 0.5) is 0 Å². The lowest BCUT2D eigenvalue weighted by molar-refractivity contribution is 0.0964. The molecule has 16 heavy (non-hydrogen) atoms. The summed E-state index contributed by atoms with van der Waals surface area (Å²) >= 11 is 12.0. The monoisotopic (exact) mass is 256 g/mol. The zero-order chi connectivity index (χ0) is 11.9. The highest BCUT2D eigenvalue weighted by Crippen LogP contribution is 2.31. The fraction of sp³-hybridized carbons (Fsp3) is 0.182. The van der Waals surface area contributed by atoms with Crippen LogP contribution in [-0.4, -0.2) is 17.9 Å². The zero-order valence-corrected chi connectivity index (χ0v) is 10.3. The van der Waals surface area contributed by atoms with Crippen molar-refractivity contribution in [3.8, 4) is 0 Å². The molecule has 2 aromatic rings. The number of halogens is 2. The minimum Gasteiger partial charge on any atom is -0.357 e. The molecule has 0 bridgehead atoms. The second-order valence-electron chi connectivity index (χ2n) is 3.51. The van der Waals surface area contributed by atoms with E-state index < -0.39 is 0 Å². The number of carbonyl (C=O) groups is 1. The minimum atomic E-state index is -0.151. The number of fused-ring (bicyclic) bond motifs is 1. The molecule has 0 fully saturated rings. The van der Waals surface area contributed by atoms with Crippen molar-refractivity contribution in [1.29, 1.82) is 0 Å². The van der Waals surface area contributed by atoms with Gasteiger partial charge in [0, 0.05) is 23.2 Å². The summed E-state index contributed by atoms with van der Waals surface area (Å²) in [5.41, 5.74) is 2.10. The first kappa shape index (κ1) is 11.3. The van der Waals surface area contributed by atoms with Crippen molar-refractivity contribution in [2.75, 3.05) is 7.05 Å². The van der Waals surface area contributed by atoms with Crippen molar-refractivity contribution in [3.63, 3.8) is 0 Å². The molecule has 0 unspecified atom stereocenters. The normalized spacial score (nSPS) is 10.8. The van der Waals surface area contributed by atoms with Crippen LogP contribution in [0, 0.1) is 6.92 Å². The molecule has 1 aromatic heterocycles. The van der Waals surface area contributed by atoms with Gasteiger partial charge < -0.3 is 10.3 Å². The Bertz CT molecular complexity index is 575. The van der Waals surface area contributed by atoms with Crippen LogP contribution >= 0.6 is 23.2 Å². The van der Waals surface area contributed by atoms with Crippen molar-refractivity contribution in [2.24, 2.45) is 0 Å². The number of aryl methyl sites for hydroxylation is 1. The van der Waals surface area contributed by atoms with Gasteiger partial charge in [-0.3, -0.25) is 4.79 Å². The molecular formula is C11H10Cl2N2O. The van der Waals surface area contributed by atoms with Crippen LogP contribution in [0.2, 0.25) is 10.0 Å². The molecule has 0 spiro atoms. The summed E-state index contributed by atoms with van der Waals surface area (Å²) in [5, 5.41) is 4.37. The Morgan fingerprint density at radius 1 is 1.38 bits per heavy atom. The van der Waals surface area contributed by atoms with E-state index >= 15 is 0 Å². The maximum atomic E-state index is 11.7. The van der Waals surface area contributed by atoms with Crippen molar-refractivity contribution >= 4 is 40.0 Å². The van der Waals surface area contributed by atoms with Gasteiger partial charge in [-0.1, -0.05) is 23.2 Å². The summed E-state index contributed by atoms with van der Waals surface area (Å²) in [6, 6.07) is 3.38. The van der Waals surface area contributed by atoms with Crippen molar-refractivity contribution in [1.82, 2.24) is 10.3 Å². The third-order valence-electron chi connectivity index (χ3n) is 2.47. The summed E-state index contributed by atoms with van der Waals surface area (Å²) in [4.78, 5) is 14.8. The highest BCUT2D eigenvalue weighted by molar-refractivity contribution is 6.39. The third kappa shape index (κ3) is 1.66. The Kier molecular flexibility index (Phi) is 2.82. The molecule has 3 nitrogen and oxygen atoms in total. The number of H-pyrrole nitrogens is 1. The van der Waals surface area contributed by atoms with Crippen molar-refractivity contribution in [2.45, 2.75) is 6.92 Å². The quantitative estimate of drug-likeness (QED) is 0.809. The smallest absolute Gasteiger partial charge is 0.253 e. The molecule has 0 saturated heterocycles. The molecule has 84 valence electrons. The number of benzene rings is 1. The number of aromatic nitrogens is 1. The van der Waals surface area contributed by atoms with Gasteiger partial charge in [0.2, 0.25) is 0 Å². The highest BCUT2D eigenvalue weighted by Gasteiger charge is 2.16. The van der Waals surface area contributed by atoms with Gasteiger partial charge in [-0.25, -0.2) is 0 Å². The largest absolute Gasteiger partial charge is 0.357 e. The summed E-state index contributed by atoms with van der Waals surface area (Å²) in [7, 11) is 1.59. The first-order valence-electron chi connectivity index (χ1n) is 4.74. The molecular weight excluding hydrogens is 247 g/mol. The van der Waals surface area contributed by atoms with Crippen LogP contribution in [0.5, 0.6) is 0 Å². The summed E-state index contributed by atoms with van der Waals surface area (Å²) in [6.45, 7) is 1.83. The number of aromatic amines is 1. The molecule has 2 N–H and O–H groups in total. The summed E-state index contributed by atoms with van der Waals surface area (Å²) in [5.74, 6) is -0.151. The Morgan fingerprint density at radius 3 is 2.69 bits per heavy atom. The Morgan fingerprint density at radius 2 is 2.06 bits per heavy atom. The average Bonchev–Trinajstić information content (AvgIpc) is 2.54. The molecule has 0 aliphatic heterocycles. The average molecular weight is 257 g/mol. The fourth-order valence-corrected chi connectivity index (χ4v) is 2.31. The number of amides is 1. The van der Waals surface area contributed by atoms with Crippen LogP contribution in [0.1, 0.15) is 16.1 Å². The molecule has 0 saturated carbocycles. The van der Waals surface area contributed by atoms with Gasteiger partial charge in [0.15, 0.2) is 0 Å². The van der Waals surface area contributed by atoms with Crippen LogP contribution < -0.4 is 5.32 Å². The van der Waals surface area contributed by atoms with E-state index in [2.05, 4.69) is 10.3 Å². The van der Waals surface area contributed by atoms with Crippen LogP contribution in [-0.2, 0) is 0 Å². The topological polar surface area (TPSA) is 44.9 Å². The SMILES string of the molecule is CNC(=O)c1c(C)[nH]c2c(Cl)cc(Cl)cc12. The van der Waals surface area contributed by atoms with Gasteiger partial charge in [-0.05, 0) is 19.1 Å². The van der Waals surface area contributed by atoms with E-state index in [4.69, 9.17) is 23.2 Å². The van der Waals surface area contributed by atoms with E-state index in [-0.39, 0.29) is 5.91 Å². The second kappa shape index (κ2) is 4.00. The van der Waals surface area contributed by atoms with Gasteiger partial charge in [-0.2, -0.15) is 0 Å². The van der Waals surface area contributed by atoms with E-state index in [1.807, 2.05) is 6.92 Å². The van der Waals surface area contributed by atoms with Gasteiger partial charge in [0.1, 0.15) is 0 Å². The van der Waals surface area contributed by atoms with E-state index in [1.54, 1.807) is 19.2 Å². The van der Waals surface area contributed by atoms with E-state index in [9.17, 15) is 4.79 Å². The Labute approximate surface area is 103 Å². The zero-order valence-electron chi connectivity index (χ0n) is 8.82. The lowest BCUT2D eigenvalue weighted by atomic mass is 10.1. The number of hydrogen-bond donors (Lipinski definition) is 2. The molecule has 1 aromatic carbocycles. The van der Waals surface area contributed by atoms with Gasteiger partial charge >= 0.3 is 0 Å². The highest BCUT2D eigenvalue weighted by atomic mass is 35.5. The number of hydrogen-bond acceptors (Lipinski definition) is 1. The standard InChI is InChI=1S/C11H10Cl2N2O/c1-5-9(11(16)14-2)7-3-6(12)4-8(13)10(7)15-5/h3-4,15H,1-2H3,(H,14,16). The number of nitrogens with one attached hydrogen (secondary N) is 2. The van der Waals surface area contributed by atoms with Gasteiger partial charge in [0.25, 0.3) is 5.91 Å². The van der Waals surface area contributed by atoms with E-state index in [0.717, 1.165) is 16.6 Å². The Hall–Kier alpha value is -1.19. The van der Waals surface area contributed by atoms with E-state index in [1.165, 1.54) is 0 Å². The fourth-order valence-electron chi connectivity index (χ4n) is 1.77. The van der Waals surface area contributed by atoms with Crippen molar-refractivity contribution in [3.05, 3.63) is 33.4 Å². The third-order valence-corrected chi connectivity index (χ3v) is 2.98. The summed E-state index contributed by atoms with van der Waals surface area (Å²) in [6.07, 6.45) is 0. The lowest BCUT2D eigenvalue weighted by Gasteiger charge is -2.00. The van der Waals surface area contributed by atoms with Gasteiger partial charge in [-0.15, -0.1) is 0 Å². The lowest BCUT2D eigenvalue weighted by Crippen LogP contribution is -2.18. The van der Waals surface area contributed by atoms with Crippen LogP contribution in [0.15, 0.2) is 12.1 Å². The minimum absolute atomic E-state index is 0.151. The number of carbonyl (C=O) groups excluding carboxylic acids is 1. The van der Waals surface area contributed by atoms with Gasteiger partial charge in [0.05, 0.1) is 16.1 Å². The first-order chi connectivity index (χ1) is 7.54. The van der Waals surface area contributed by atoms with Crippen LogP contribution in [0.3, 0.4) is 0 Å². The number of rotatable bonds is 1. The second-order valence-corrected chi connectivity index (χ2v) is 4.36. The molecule has 0 aliphatic carbocycles. The molecule has 2 rings (SSSR count). The molecule has 1 heterocycles. The van der Waals surface area contributed by atoms with Crippen molar-refractivity contribution < 1.29 is 4.79 Å². The maximum Gasteiger partial charge on any atom is 0.253 e. The predicted molar refractivity (Wildman–Crippen MR) is 66.4 cm³/mol. The summed E-state index contributed by atoms with van der Waals surface area (Å²) < 4.78 is 0. The van der Waals surface area contributed by atoms with E-state index in [0.29, 0.717) is 15.6 Å². The maximum absolute atomic E-state index is 11.7.